The van der Waals surface area contributed by atoms with Gasteiger partial charge in [0.1, 0.15) is 17.3 Å². The lowest BCUT2D eigenvalue weighted by atomic mass is 9.77. The molecule has 1 aliphatic carbocycles. The van der Waals surface area contributed by atoms with E-state index in [4.69, 9.17) is 4.98 Å². The molecule has 0 spiro atoms. The van der Waals surface area contributed by atoms with Crippen LogP contribution < -0.4 is 5.32 Å². The normalized spacial score (nSPS) is 14.4. The van der Waals surface area contributed by atoms with Crippen LogP contribution in [0, 0.1) is 17.2 Å². The molecule has 3 heterocycles. The molecule has 0 unspecified atom stereocenters. The molecule has 0 radical (unpaired) electrons. The summed E-state index contributed by atoms with van der Waals surface area (Å²) in [5.74, 6) is 1.54. The third-order valence-electron chi connectivity index (χ3n) is 8.08. The molecule has 5 aromatic rings. The zero-order valence-electron chi connectivity index (χ0n) is 23.8. The molecule has 0 saturated heterocycles. The molecule has 218 valence electrons. The number of hydrogen-bond donors (Lipinski definition) is 1. The van der Waals surface area contributed by atoms with Crippen molar-refractivity contribution in [1.29, 1.82) is 5.26 Å². The SMILES string of the molecule is CC(C)c1ccnc(-c2nc3nc(C#N)nc(N[C@H](c4ccccc4)C4CCC4)c3n2Cc2ccc(C(F)(F)F)cc2)c1. The maximum atomic E-state index is 13.3. The van der Waals surface area contributed by atoms with Gasteiger partial charge >= 0.3 is 6.18 Å². The van der Waals surface area contributed by atoms with Gasteiger partial charge in [-0.05, 0) is 65.6 Å². The highest BCUT2D eigenvalue weighted by molar-refractivity contribution is 5.87. The van der Waals surface area contributed by atoms with Crippen LogP contribution in [0.15, 0.2) is 72.9 Å². The highest BCUT2D eigenvalue weighted by Gasteiger charge is 2.32. The average molecular weight is 582 g/mol. The quantitative estimate of drug-likeness (QED) is 0.200. The second kappa shape index (κ2) is 11.5. The van der Waals surface area contributed by atoms with Crippen molar-refractivity contribution in [3.63, 3.8) is 0 Å². The summed E-state index contributed by atoms with van der Waals surface area (Å²) in [5, 5.41) is 13.4. The number of alkyl halides is 3. The Balaban J connectivity index is 1.53. The first-order valence-corrected chi connectivity index (χ1v) is 14.3. The van der Waals surface area contributed by atoms with Gasteiger partial charge in [0.05, 0.1) is 11.6 Å². The highest BCUT2D eigenvalue weighted by atomic mass is 19.4. The van der Waals surface area contributed by atoms with Crippen LogP contribution in [0.2, 0.25) is 0 Å². The van der Waals surface area contributed by atoms with Gasteiger partial charge in [-0.3, -0.25) is 4.98 Å². The van der Waals surface area contributed by atoms with Crippen LogP contribution in [0.4, 0.5) is 19.0 Å². The van der Waals surface area contributed by atoms with E-state index in [1.807, 2.05) is 34.9 Å². The summed E-state index contributed by atoms with van der Waals surface area (Å²) in [7, 11) is 0. The van der Waals surface area contributed by atoms with Crippen molar-refractivity contribution < 1.29 is 13.2 Å². The second-order valence-electron chi connectivity index (χ2n) is 11.2. The molecule has 1 fully saturated rings. The number of imidazole rings is 1. The van der Waals surface area contributed by atoms with Gasteiger partial charge in [0, 0.05) is 12.7 Å². The van der Waals surface area contributed by atoms with Gasteiger partial charge < -0.3 is 9.88 Å². The van der Waals surface area contributed by atoms with Gasteiger partial charge in [0.15, 0.2) is 17.3 Å². The minimum Gasteiger partial charge on any atom is -0.361 e. The number of hydrogen-bond acceptors (Lipinski definition) is 6. The molecular weight excluding hydrogens is 551 g/mol. The Morgan fingerprint density at radius 3 is 2.35 bits per heavy atom. The minimum atomic E-state index is -4.43. The lowest BCUT2D eigenvalue weighted by Gasteiger charge is -2.35. The monoisotopic (exact) mass is 581 g/mol. The third-order valence-corrected chi connectivity index (χ3v) is 8.08. The Bertz CT molecular complexity index is 1780. The van der Waals surface area contributed by atoms with Gasteiger partial charge in [0.2, 0.25) is 5.82 Å². The van der Waals surface area contributed by atoms with Crippen LogP contribution in [0.5, 0.6) is 0 Å². The number of anilines is 1. The minimum absolute atomic E-state index is 0.0231. The molecule has 43 heavy (non-hydrogen) atoms. The predicted octanol–water partition coefficient (Wildman–Crippen LogP) is 7.90. The topological polar surface area (TPSA) is 92.3 Å². The Hall–Kier alpha value is -4.78. The summed E-state index contributed by atoms with van der Waals surface area (Å²) >= 11 is 0. The van der Waals surface area contributed by atoms with Crippen LogP contribution in [0.3, 0.4) is 0 Å². The van der Waals surface area contributed by atoms with Gasteiger partial charge in [-0.1, -0.05) is 62.7 Å². The van der Waals surface area contributed by atoms with Gasteiger partial charge in [0.25, 0.3) is 0 Å². The standard InChI is InChI=1S/C33H30F3N7/c1-20(2)24-15-16-38-26(17-24)32-42-31-29(43(32)19-21-11-13-25(14-12-21)33(34,35)36)30(39-27(18-37)40-31)41-28(23-9-6-10-23)22-7-4-3-5-8-22/h3-5,7-8,11-17,20,23,28H,6,9-10,19H2,1-2H3,(H,39,40,41)/t28-/m1/s1. The summed E-state index contributed by atoms with van der Waals surface area (Å²) in [6, 6.07) is 21.1. The van der Waals surface area contributed by atoms with Gasteiger partial charge in [-0.2, -0.15) is 28.4 Å². The predicted molar refractivity (Wildman–Crippen MR) is 158 cm³/mol. The molecule has 0 aliphatic heterocycles. The maximum Gasteiger partial charge on any atom is 0.416 e. The van der Waals surface area contributed by atoms with Crippen molar-refractivity contribution in [2.75, 3.05) is 5.32 Å². The molecule has 10 heteroatoms. The summed E-state index contributed by atoms with van der Waals surface area (Å²) in [4.78, 5) is 18.5. The first kappa shape index (κ1) is 28.3. The van der Waals surface area contributed by atoms with Gasteiger partial charge in [-0.25, -0.2) is 4.98 Å². The van der Waals surface area contributed by atoms with Crippen LogP contribution in [0.25, 0.3) is 22.7 Å². The van der Waals surface area contributed by atoms with Crippen LogP contribution >= 0.6 is 0 Å². The van der Waals surface area contributed by atoms with Crippen LogP contribution in [0.1, 0.15) is 73.1 Å². The maximum absolute atomic E-state index is 13.3. The Kier molecular flexibility index (Phi) is 7.57. The molecular formula is C33H30F3N7. The van der Waals surface area contributed by atoms with E-state index in [1.54, 1.807) is 6.20 Å². The van der Waals surface area contributed by atoms with E-state index in [-0.39, 0.29) is 24.3 Å². The lowest BCUT2D eigenvalue weighted by Crippen LogP contribution is -2.27. The van der Waals surface area contributed by atoms with Crippen LogP contribution in [-0.4, -0.2) is 24.5 Å². The summed E-state index contributed by atoms with van der Waals surface area (Å²) in [5.41, 5.74) is 3.57. The number of halogens is 3. The number of nitriles is 1. The molecule has 3 aromatic heterocycles. The van der Waals surface area contributed by atoms with Crippen molar-refractivity contribution in [3.05, 3.63) is 101 Å². The first-order chi connectivity index (χ1) is 20.7. The zero-order valence-corrected chi connectivity index (χ0v) is 23.8. The van der Waals surface area contributed by atoms with Gasteiger partial charge in [-0.15, -0.1) is 0 Å². The smallest absolute Gasteiger partial charge is 0.361 e. The number of nitrogens with one attached hydrogen (secondary N) is 1. The molecule has 6 rings (SSSR count). The lowest BCUT2D eigenvalue weighted by molar-refractivity contribution is -0.137. The number of fused-ring (bicyclic) bond motifs is 1. The fraction of sp³-hybridized carbons (Fsp3) is 0.303. The van der Waals surface area contributed by atoms with E-state index < -0.39 is 11.7 Å². The number of benzene rings is 2. The van der Waals surface area contributed by atoms with Crippen molar-refractivity contribution in [2.24, 2.45) is 5.92 Å². The van der Waals surface area contributed by atoms with E-state index >= 15 is 0 Å². The fourth-order valence-corrected chi connectivity index (χ4v) is 5.50. The third kappa shape index (κ3) is 5.80. The van der Waals surface area contributed by atoms with E-state index in [9.17, 15) is 18.4 Å². The number of aromatic nitrogens is 5. The largest absolute Gasteiger partial charge is 0.416 e. The molecule has 1 atom stereocenters. The molecule has 0 amide bonds. The van der Waals surface area contributed by atoms with E-state index in [2.05, 4.69) is 52.3 Å². The highest BCUT2D eigenvalue weighted by Crippen LogP contribution is 2.41. The van der Waals surface area contributed by atoms with E-state index in [0.717, 1.165) is 42.5 Å². The summed E-state index contributed by atoms with van der Waals surface area (Å²) in [6.07, 6.45) is 0.563. The van der Waals surface area contributed by atoms with Crippen molar-refractivity contribution in [3.8, 4) is 17.6 Å². The first-order valence-electron chi connectivity index (χ1n) is 14.3. The van der Waals surface area contributed by atoms with Crippen molar-refractivity contribution in [1.82, 2.24) is 24.5 Å². The molecule has 0 bridgehead atoms. The summed E-state index contributed by atoms with van der Waals surface area (Å²) in [6.45, 7) is 4.36. The Morgan fingerprint density at radius 2 is 1.72 bits per heavy atom. The molecule has 2 aromatic carbocycles. The molecule has 1 aliphatic rings. The molecule has 1 N–H and O–H groups in total. The van der Waals surface area contributed by atoms with E-state index in [1.165, 1.54) is 12.1 Å². The van der Waals surface area contributed by atoms with Crippen LogP contribution in [-0.2, 0) is 12.7 Å². The Labute approximate surface area is 247 Å². The zero-order chi connectivity index (χ0) is 30.1. The number of rotatable bonds is 8. The Morgan fingerprint density at radius 1 is 0.977 bits per heavy atom. The van der Waals surface area contributed by atoms with Crippen molar-refractivity contribution in [2.45, 2.75) is 57.8 Å². The molecule has 1 saturated carbocycles. The number of pyridine rings is 1. The van der Waals surface area contributed by atoms with E-state index in [0.29, 0.717) is 40.0 Å². The molecule has 7 nitrogen and oxygen atoms in total. The second-order valence-corrected chi connectivity index (χ2v) is 11.2. The summed E-state index contributed by atoms with van der Waals surface area (Å²) < 4.78 is 41.8. The number of nitrogens with zero attached hydrogens (tertiary/aromatic N) is 6. The average Bonchev–Trinajstić information content (AvgIpc) is 3.34. The van der Waals surface area contributed by atoms with Crippen molar-refractivity contribution >= 4 is 17.0 Å². The fourth-order valence-electron chi connectivity index (χ4n) is 5.50.